The van der Waals surface area contributed by atoms with Crippen LogP contribution >= 0.6 is 0 Å². The van der Waals surface area contributed by atoms with E-state index in [2.05, 4.69) is 49.3 Å². The summed E-state index contributed by atoms with van der Waals surface area (Å²) < 4.78 is 0. The molecule has 0 aromatic carbocycles. The zero-order chi connectivity index (χ0) is 22.7. The first-order chi connectivity index (χ1) is 15.5. The van der Waals surface area contributed by atoms with Crippen LogP contribution in [0.2, 0.25) is 0 Å². The van der Waals surface area contributed by atoms with E-state index >= 15 is 0 Å². The Morgan fingerprint density at radius 1 is 1.16 bits per heavy atom. The first kappa shape index (κ1) is 23.2. The van der Waals surface area contributed by atoms with Crippen molar-refractivity contribution >= 4 is 22.7 Å². The van der Waals surface area contributed by atoms with Crippen molar-refractivity contribution < 1.29 is 5.11 Å². The third kappa shape index (κ3) is 5.15. The Morgan fingerprint density at radius 3 is 2.66 bits per heavy atom. The number of hydrogen-bond acceptors (Lipinski definition) is 7. The van der Waals surface area contributed by atoms with Gasteiger partial charge in [0.1, 0.15) is 5.82 Å². The number of aliphatic hydroxyl groups excluding tert-OH is 1. The van der Waals surface area contributed by atoms with Gasteiger partial charge >= 0.3 is 0 Å². The fourth-order valence-electron chi connectivity index (χ4n) is 5.33. The molecule has 1 unspecified atom stereocenters. The van der Waals surface area contributed by atoms with Crippen LogP contribution in [-0.4, -0.2) is 70.3 Å². The Bertz CT molecular complexity index is 895. The highest BCUT2D eigenvalue weighted by Crippen LogP contribution is 2.38. The molecule has 7 nitrogen and oxygen atoms in total. The lowest BCUT2D eigenvalue weighted by Crippen LogP contribution is -2.45. The van der Waals surface area contributed by atoms with E-state index in [0.717, 1.165) is 68.3 Å². The summed E-state index contributed by atoms with van der Waals surface area (Å²) in [6, 6.07) is 0.881. The van der Waals surface area contributed by atoms with Gasteiger partial charge in [0.05, 0.1) is 17.0 Å². The number of nitrogens with zero attached hydrogens (tertiary/aromatic N) is 5. The first-order valence-corrected chi connectivity index (χ1v) is 12.5. The van der Waals surface area contributed by atoms with Crippen molar-refractivity contribution in [3.05, 3.63) is 18.0 Å². The van der Waals surface area contributed by atoms with Crippen molar-refractivity contribution in [2.24, 2.45) is 0 Å². The van der Waals surface area contributed by atoms with E-state index < -0.39 is 0 Å². The molecule has 1 aliphatic heterocycles. The topological polar surface area (TPSA) is 77.4 Å². The predicted molar refractivity (Wildman–Crippen MR) is 131 cm³/mol. The second-order valence-corrected chi connectivity index (χ2v) is 10.0. The molecule has 2 aromatic rings. The van der Waals surface area contributed by atoms with Gasteiger partial charge in [0.25, 0.3) is 0 Å². The number of likely N-dealkylation sites (N-methyl/N-ethyl adjacent to an activating group) is 1. The van der Waals surface area contributed by atoms with E-state index in [1.165, 1.54) is 18.4 Å². The molecule has 0 spiro atoms. The summed E-state index contributed by atoms with van der Waals surface area (Å²) in [6.07, 6.45) is 12.2. The summed E-state index contributed by atoms with van der Waals surface area (Å²) in [7, 11) is 4.33. The Labute approximate surface area is 192 Å². The number of aliphatic hydroxyl groups is 1. The number of rotatable bonds is 7. The number of pyridine rings is 1. The van der Waals surface area contributed by atoms with Gasteiger partial charge in [-0.05, 0) is 71.9 Å². The van der Waals surface area contributed by atoms with Crippen molar-refractivity contribution in [1.29, 1.82) is 0 Å². The molecule has 2 N–H and O–H groups in total. The monoisotopic (exact) mass is 440 g/mol. The van der Waals surface area contributed by atoms with Crippen LogP contribution in [0.25, 0.3) is 10.9 Å². The lowest BCUT2D eigenvalue weighted by atomic mass is 9.82. The van der Waals surface area contributed by atoms with Gasteiger partial charge in [-0.25, -0.2) is 15.0 Å². The summed E-state index contributed by atoms with van der Waals surface area (Å²) >= 11 is 0. The van der Waals surface area contributed by atoms with Gasteiger partial charge < -0.3 is 20.2 Å². The van der Waals surface area contributed by atoms with Crippen LogP contribution in [0.5, 0.6) is 0 Å². The van der Waals surface area contributed by atoms with Crippen LogP contribution in [0.4, 0.5) is 11.8 Å². The molecule has 176 valence electrons. The Kier molecular flexibility index (Phi) is 7.46. The van der Waals surface area contributed by atoms with E-state index in [1.807, 2.05) is 6.20 Å². The molecule has 32 heavy (non-hydrogen) atoms. The van der Waals surface area contributed by atoms with Crippen molar-refractivity contribution in [2.75, 3.05) is 37.4 Å². The minimum Gasteiger partial charge on any atom is -0.393 e. The van der Waals surface area contributed by atoms with Gasteiger partial charge in [-0.1, -0.05) is 13.3 Å². The van der Waals surface area contributed by atoms with Gasteiger partial charge in [-0.15, -0.1) is 0 Å². The maximum absolute atomic E-state index is 10.0. The van der Waals surface area contributed by atoms with Crippen LogP contribution in [-0.2, 0) is 0 Å². The molecule has 2 aliphatic rings. The molecular weight excluding hydrogens is 400 g/mol. The van der Waals surface area contributed by atoms with Crippen LogP contribution in [0.15, 0.2) is 12.4 Å². The highest BCUT2D eigenvalue weighted by atomic mass is 16.3. The van der Waals surface area contributed by atoms with E-state index in [0.29, 0.717) is 23.9 Å². The first-order valence-electron chi connectivity index (χ1n) is 12.5. The highest BCUT2D eigenvalue weighted by Gasteiger charge is 2.27. The maximum Gasteiger partial charge on any atom is 0.223 e. The Morgan fingerprint density at radius 2 is 1.94 bits per heavy atom. The fourth-order valence-corrected chi connectivity index (χ4v) is 5.33. The predicted octanol–water partition coefficient (Wildman–Crippen LogP) is 4.17. The van der Waals surface area contributed by atoms with Crippen LogP contribution in [0.1, 0.15) is 76.7 Å². The number of aromatic nitrogens is 3. The van der Waals surface area contributed by atoms with Gasteiger partial charge in [0.15, 0.2) is 0 Å². The summed E-state index contributed by atoms with van der Waals surface area (Å²) in [6.45, 7) is 6.40. The largest absolute Gasteiger partial charge is 0.393 e. The Hall–Kier alpha value is -1.99. The van der Waals surface area contributed by atoms with Crippen molar-refractivity contribution in [3.8, 4) is 0 Å². The smallest absolute Gasteiger partial charge is 0.223 e. The number of piperidine rings is 1. The van der Waals surface area contributed by atoms with Gasteiger partial charge in [0.2, 0.25) is 5.95 Å². The van der Waals surface area contributed by atoms with Crippen LogP contribution in [0, 0.1) is 0 Å². The number of hydrogen-bond donors (Lipinski definition) is 2. The van der Waals surface area contributed by atoms with E-state index in [-0.39, 0.29) is 6.10 Å². The normalized spacial score (nSPS) is 25.3. The molecule has 0 radical (unpaired) electrons. The molecule has 2 fully saturated rings. The molecule has 0 bridgehead atoms. The molecule has 2 atom stereocenters. The quantitative estimate of drug-likeness (QED) is 0.669. The Balaban J connectivity index is 1.71. The number of fused-ring (bicyclic) bond motifs is 1. The second-order valence-electron chi connectivity index (χ2n) is 10.0. The molecule has 1 saturated carbocycles. The third-order valence-electron chi connectivity index (χ3n) is 7.29. The fraction of sp³-hybridized carbons (Fsp3) is 0.720. The maximum atomic E-state index is 10.0. The highest BCUT2D eigenvalue weighted by molar-refractivity contribution is 5.92. The summed E-state index contributed by atoms with van der Waals surface area (Å²) in [5, 5.41) is 14.6. The van der Waals surface area contributed by atoms with E-state index in [4.69, 9.17) is 15.0 Å². The number of nitrogens with one attached hydrogen (secondary N) is 1. The summed E-state index contributed by atoms with van der Waals surface area (Å²) in [5.41, 5.74) is 2.25. The standard InChI is InChI=1S/C25H40N6O/c1-5-7-17(2)28-25-27-15-22-23(29-25)21(18-9-11-20(32)12-10-18)14-26-24(22)31-13-6-8-19(16-31)30(3)4/h14-15,17-20,32H,5-13,16H2,1-4H3,(H,27,28,29)/t17?,18-,19-,20-/m0/s1. The average molecular weight is 441 g/mol. The molecule has 7 heteroatoms. The van der Waals surface area contributed by atoms with Gasteiger partial charge in [0, 0.05) is 43.1 Å². The van der Waals surface area contributed by atoms with Crippen molar-refractivity contribution in [3.63, 3.8) is 0 Å². The zero-order valence-electron chi connectivity index (χ0n) is 20.2. The molecule has 2 aromatic heterocycles. The van der Waals surface area contributed by atoms with Crippen LogP contribution in [0.3, 0.4) is 0 Å². The molecule has 4 rings (SSSR count). The zero-order valence-corrected chi connectivity index (χ0v) is 20.2. The van der Waals surface area contributed by atoms with Gasteiger partial charge in [-0.2, -0.15) is 0 Å². The van der Waals surface area contributed by atoms with E-state index in [1.54, 1.807) is 0 Å². The third-order valence-corrected chi connectivity index (χ3v) is 7.29. The second kappa shape index (κ2) is 10.3. The molecule has 3 heterocycles. The van der Waals surface area contributed by atoms with Gasteiger partial charge in [-0.3, -0.25) is 0 Å². The number of anilines is 2. The molecular formula is C25H40N6O. The summed E-state index contributed by atoms with van der Waals surface area (Å²) in [5.74, 6) is 2.12. The van der Waals surface area contributed by atoms with Crippen LogP contribution < -0.4 is 10.2 Å². The SMILES string of the molecule is CCCC(C)Nc1ncc2c(N3CCC[C@H](N(C)C)C3)ncc([C@H]3CC[C@H](O)CC3)c2n1. The lowest BCUT2D eigenvalue weighted by Gasteiger charge is -2.37. The average Bonchev–Trinajstić information content (AvgIpc) is 2.79. The lowest BCUT2D eigenvalue weighted by molar-refractivity contribution is 0.122. The molecule has 1 saturated heterocycles. The molecule has 1 aliphatic carbocycles. The molecule has 0 amide bonds. The summed E-state index contributed by atoms with van der Waals surface area (Å²) in [4.78, 5) is 19.5. The van der Waals surface area contributed by atoms with Crippen molar-refractivity contribution in [2.45, 2.75) is 89.3 Å². The van der Waals surface area contributed by atoms with Crippen molar-refractivity contribution in [1.82, 2.24) is 19.9 Å². The minimum absolute atomic E-state index is 0.164. The minimum atomic E-state index is -0.164. The van der Waals surface area contributed by atoms with E-state index in [9.17, 15) is 5.11 Å².